The van der Waals surface area contributed by atoms with Crippen molar-refractivity contribution in [3.63, 3.8) is 0 Å². The topological polar surface area (TPSA) is 86.5 Å². The van der Waals surface area contributed by atoms with Crippen LogP contribution in [0.4, 0.5) is 5.95 Å². The molecule has 1 saturated heterocycles. The molecular weight excluding hydrogens is 452 g/mol. The van der Waals surface area contributed by atoms with Crippen molar-refractivity contribution in [1.29, 1.82) is 0 Å². The Hall–Kier alpha value is -2.55. The molecule has 1 aromatic carbocycles. The van der Waals surface area contributed by atoms with Gasteiger partial charge in [-0.15, -0.1) is 0 Å². The molecule has 192 valence electrons. The molecule has 6 rings (SSSR count). The number of aromatic nitrogens is 3. The first-order chi connectivity index (χ1) is 17.4. The molecule has 8 heteroatoms. The van der Waals surface area contributed by atoms with Crippen molar-refractivity contribution in [1.82, 2.24) is 24.3 Å². The van der Waals surface area contributed by atoms with E-state index < -0.39 is 5.60 Å². The molecule has 0 radical (unpaired) electrons. The Morgan fingerprint density at radius 2 is 1.81 bits per heavy atom. The van der Waals surface area contributed by atoms with Crippen molar-refractivity contribution >= 4 is 27.8 Å². The van der Waals surface area contributed by atoms with Crippen LogP contribution < -0.4 is 10.9 Å². The second kappa shape index (κ2) is 9.39. The molecule has 3 aliphatic rings. The molecule has 2 aliphatic carbocycles. The van der Waals surface area contributed by atoms with E-state index in [2.05, 4.69) is 45.3 Å². The van der Waals surface area contributed by atoms with Crippen molar-refractivity contribution in [2.24, 2.45) is 5.92 Å². The van der Waals surface area contributed by atoms with Crippen LogP contribution in [0, 0.1) is 5.92 Å². The largest absolute Gasteiger partial charge is 0.390 e. The Morgan fingerprint density at radius 1 is 1.06 bits per heavy atom. The summed E-state index contributed by atoms with van der Waals surface area (Å²) < 4.78 is 1.91. The molecule has 2 saturated carbocycles. The predicted molar refractivity (Wildman–Crippen MR) is 143 cm³/mol. The van der Waals surface area contributed by atoms with Gasteiger partial charge < -0.3 is 15.3 Å². The molecule has 3 aromatic rings. The zero-order valence-corrected chi connectivity index (χ0v) is 21.5. The molecule has 0 amide bonds. The van der Waals surface area contributed by atoms with Crippen LogP contribution in [0.3, 0.4) is 0 Å². The Bertz CT molecular complexity index is 1310. The summed E-state index contributed by atoms with van der Waals surface area (Å²) in [6.07, 6.45) is 7.31. The number of rotatable bonds is 6. The molecule has 2 aromatic heterocycles. The van der Waals surface area contributed by atoms with E-state index in [9.17, 15) is 9.90 Å². The highest BCUT2D eigenvalue weighted by Gasteiger charge is 2.31. The molecule has 0 spiro atoms. The summed E-state index contributed by atoms with van der Waals surface area (Å²) in [4.78, 5) is 28.4. The number of nitrogens with one attached hydrogen (secondary N) is 1. The number of piperazine rings is 1. The fourth-order valence-corrected chi connectivity index (χ4v) is 5.80. The molecule has 0 unspecified atom stereocenters. The van der Waals surface area contributed by atoms with Crippen molar-refractivity contribution in [3.05, 3.63) is 40.3 Å². The van der Waals surface area contributed by atoms with Gasteiger partial charge in [-0.25, -0.2) is 4.98 Å². The van der Waals surface area contributed by atoms with Crippen LogP contribution in [0.25, 0.3) is 21.8 Å². The lowest BCUT2D eigenvalue weighted by molar-refractivity contribution is 0.0100. The molecule has 0 bridgehead atoms. The highest BCUT2D eigenvalue weighted by molar-refractivity contribution is 6.04. The first-order valence-corrected chi connectivity index (χ1v) is 13.6. The minimum absolute atomic E-state index is 0.0242. The summed E-state index contributed by atoms with van der Waals surface area (Å²) in [6.45, 7) is 7.87. The number of nitrogens with zero attached hydrogens (tertiary/aromatic N) is 5. The lowest BCUT2D eigenvalue weighted by Gasteiger charge is -2.34. The van der Waals surface area contributed by atoms with Gasteiger partial charge in [-0.2, -0.15) is 4.98 Å². The van der Waals surface area contributed by atoms with Crippen LogP contribution in [-0.4, -0.2) is 74.8 Å². The standard InChI is InChI=1S/C28H38N6O2/c1-28(36)9-7-21(8-10-28)34-25-24(17-30-27(31-25)29-16-19-3-4-19)22-6-5-20(15-23(22)26(34)35)18-33-13-11-32(2)12-14-33/h5-6,15,17,19,21,36H,3-4,7-14,16,18H2,1-2H3,(H,29,30,31)/t21-,28-. The number of anilines is 1. The molecule has 1 aliphatic heterocycles. The van der Waals surface area contributed by atoms with Crippen LogP contribution in [0.2, 0.25) is 0 Å². The van der Waals surface area contributed by atoms with E-state index >= 15 is 0 Å². The molecular formula is C28H38N6O2. The van der Waals surface area contributed by atoms with Crippen LogP contribution in [0.1, 0.15) is 57.1 Å². The number of hydrogen-bond donors (Lipinski definition) is 2. The second-order valence-electron chi connectivity index (χ2n) is 11.6. The summed E-state index contributed by atoms with van der Waals surface area (Å²) in [7, 11) is 2.17. The third-order valence-corrected chi connectivity index (χ3v) is 8.47. The first-order valence-electron chi connectivity index (χ1n) is 13.6. The number of aliphatic hydroxyl groups is 1. The Kier molecular flexibility index (Phi) is 6.22. The van der Waals surface area contributed by atoms with Crippen molar-refractivity contribution in [3.8, 4) is 0 Å². The van der Waals surface area contributed by atoms with Crippen LogP contribution >= 0.6 is 0 Å². The lowest BCUT2D eigenvalue weighted by Crippen LogP contribution is -2.43. The fourth-order valence-electron chi connectivity index (χ4n) is 5.80. The van der Waals surface area contributed by atoms with Crippen molar-refractivity contribution < 1.29 is 5.11 Å². The fraction of sp³-hybridized carbons (Fsp3) is 0.607. The van der Waals surface area contributed by atoms with Gasteiger partial charge >= 0.3 is 0 Å². The molecule has 3 heterocycles. The lowest BCUT2D eigenvalue weighted by atomic mass is 9.83. The van der Waals surface area contributed by atoms with Gasteiger partial charge in [0.2, 0.25) is 5.95 Å². The van der Waals surface area contributed by atoms with Gasteiger partial charge in [0.05, 0.1) is 5.60 Å². The minimum Gasteiger partial charge on any atom is -0.390 e. The Labute approximate surface area is 212 Å². The van der Waals surface area contributed by atoms with Crippen LogP contribution in [-0.2, 0) is 6.54 Å². The molecule has 8 nitrogen and oxygen atoms in total. The van der Waals surface area contributed by atoms with E-state index in [0.717, 1.165) is 68.3 Å². The highest BCUT2D eigenvalue weighted by Crippen LogP contribution is 2.36. The van der Waals surface area contributed by atoms with Gasteiger partial charge in [0.25, 0.3) is 5.56 Å². The van der Waals surface area contributed by atoms with E-state index in [4.69, 9.17) is 4.98 Å². The van der Waals surface area contributed by atoms with Gasteiger partial charge in [-0.05, 0) is 75.4 Å². The molecule has 2 N–H and O–H groups in total. The van der Waals surface area contributed by atoms with E-state index in [1.165, 1.54) is 18.4 Å². The third-order valence-electron chi connectivity index (χ3n) is 8.47. The zero-order chi connectivity index (χ0) is 24.9. The van der Waals surface area contributed by atoms with Gasteiger partial charge in [0.15, 0.2) is 0 Å². The summed E-state index contributed by atoms with van der Waals surface area (Å²) in [6, 6.07) is 6.35. The first kappa shape index (κ1) is 23.8. The SMILES string of the molecule is CN1CCN(Cc2ccc3c(c2)c(=O)n([C@H]2CC[C@](C)(O)CC2)c2nc(NCC4CC4)ncc32)CC1. The van der Waals surface area contributed by atoms with Gasteiger partial charge in [0, 0.05) is 62.3 Å². The number of hydrogen-bond acceptors (Lipinski definition) is 7. The smallest absolute Gasteiger partial charge is 0.260 e. The quantitative estimate of drug-likeness (QED) is 0.512. The van der Waals surface area contributed by atoms with Gasteiger partial charge in [-0.3, -0.25) is 14.3 Å². The highest BCUT2D eigenvalue weighted by atomic mass is 16.3. The average molecular weight is 491 g/mol. The van der Waals surface area contributed by atoms with Crippen LogP contribution in [0.5, 0.6) is 0 Å². The zero-order valence-electron chi connectivity index (χ0n) is 21.5. The minimum atomic E-state index is -0.658. The average Bonchev–Trinajstić information content (AvgIpc) is 3.70. The number of pyridine rings is 1. The maximum Gasteiger partial charge on any atom is 0.260 e. The Morgan fingerprint density at radius 3 is 2.53 bits per heavy atom. The second-order valence-corrected chi connectivity index (χ2v) is 11.6. The maximum absolute atomic E-state index is 14.1. The maximum atomic E-state index is 14.1. The number of benzene rings is 1. The monoisotopic (exact) mass is 490 g/mol. The predicted octanol–water partition coefficient (Wildman–Crippen LogP) is 3.38. The molecule has 0 atom stereocenters. The summed E-state index contributed by atoms with van der Waals surface area (Å²) >= 11 is 0. The Balaban J connectivity index is 1.41. The van der Waals surface area contributed by atoms with Crippen LogP contribution in [0.15, 0.2) is 29.2 Å². The summed E-state index contributed by atoms with van der Waals surface area (Å²) in [5.74, 6) is 1.30. The number of fused-ring (bicyclic) bond motifs is 3. The summed E-state index contributed by atoms with van der Waals surface area (Å²) in [5.41, 5.74) is 1.24. The van der Waals surface area contributed by atoms with Crippen molar-refractivity contribution in [2.75, 3.05) is 45.1 Å². The van der Waals surface area contributed by atoms with Crippen molar-refractivity contribution in [2.45, 2.75) is 63.6 Å². The van der Waals surface area contributed by atoms with Gasteiger partial charge in [0.1, 0.15) is 5.65 Å². The molecule has 36 heavy (non-hydrogen) atoms. The van der Waals surface area contributed by atoms with E-state index in [-0.39, 0.29) is 11.6 Å². The van der Waals surface area contributed by atoms with Gasteiger partial charge in [-0.1, -0.05) is 12.1 Å². The van der Waals surface area contributed by atoms with E-state index in [1.807, 2.05) is 17.7 Å². The normalized spacial score (nSPS) is 26.0. The van der Waals surface area contributed by atoms with E-state index in [0.29, 0.717) is 30.4 Å². The number of likely N-dealkylation sites (N-methyl/N-ethyl adjacent to an activating group) is 1. The third kappa shape index (κ3) is 4.86. The molecule has 3 fully saturated rings. The van der Waals surface area contributed by atoms with E-state index in [1.54, 1.807) is 0 Å². The summed E-state index contributed by atoms with van der Waals surface area (Å²) in [5, 5.41) is 16.5.